The molecule has 0 radical (unpaired) electrons. The van der Waals surface area contributed by atoms with E-state index in [-0.39, 0.29) is 5.82 Å². The minimum Gasteiger partial charge on any atom is -0.207 e. The fourth-order valence-corrected chi connectivity index (χ4v) is 1.67. The summed E-state index contributed by atoms with van der Waals surface area (Å²) >= 11 is 0. The number of fused-ring (bicyclic) bond motifs is 1. The molecule has 2 rings (SSSR count). The molecule has 0 aliphatic heterocycles. The highest BCUT2D eigenvalue weighted by molar-refractivity contribution is 5.85. The second-order valence-electron chi connectivity index (χ2n) is 3.10. The molecule has 80 valence electrons. The smallest absolute Gasteiger partial charge is 0.127 e. The van der Waals surface area contributed by atoms with Crippen LogP contribution in [0.15, 0.2) is 36.4 Å². The van der Waals surface area contributed by atoms with E-state index in [9.17, 15) is 4.39 Å². The molecule has 0 saturated carbocycles. The summed E-state index contributed by atoms with van der Waals surface area (Å²) in [6.45, 7) is 5.98. The fourth-order valence-electron chi connectivity index (χ4n) is 1.67. The predicted octanol–water partition coefficient (Wildman–Crippen LogP) is 4.57. The van der Waals surface area contributed by atoms with Crippen LogP contribution >= 0.6 is 0 Å². The zero-order valence-electron chi connectivity index (χ0n) is 9.55. The standard InChI is InChI=1S/C12H11F.C2H6/c1-2-10-11-6-4-3-5-9(11)7-8-12(10)13;1-2/h3-8H,2H2,1H3;1-2H3. The second kappa shape index (κ2) is 5.50. The molecule has 1 heteroatoms. The van der Waals surface area contributed by atoms with E-state index in [1.54, 1.807) is 6.07 Å². The molecule has 0 bridgehead atoms. The van der Waals surface area contributed by atoms with Gasteiger partial charge in [-0.2, -0.15) is 0 Å². The van der Waals surface area contributed by atoms with Gasteiger partial charge in [-0.1, -0.05) is 51.1 Å². The lowest BCUT2D eigenvalue weighted by Gasteiger charge is -2.04. The summed E-state index contributed by atoms with van der Waals surface area (Å²) in [5.41, 5.74) is 0.818. The lowest BCUT2D eigenvalue weighted by molar-refractivity contribution is 0.615. The first kappa shape index (κ1) is 11.7. The minimum absolute atomic E-state index is 0.0961. The van der Waals surface area contributed by atoms with Crippen LogP contribution in [0.3, 0.4) is 0 Å². The molecule has 2 aromatic rings. The van der Waals surface area contributed by atoms with Gasteiger partial charge < -0.3 is 0 Å². The highest BCUT2D eigenvalue weighted by atomic mass is 19.1. The van der Waals surface area contributed by atoms with Crippen LogP contribution in [0.4, 0.5) is 4.39 Å². The Morgan fingerprint density at radius 3 is 2.33 bits per heavy atom. The Balaban J connectivity index is 0.000000531. The van der Waals surface area contributed by atoms with E-state index >= 15 is 0 Å². The van der Waals surface area contributed by atoms with Crippen LogP contribution < -0.4 is 0 Å². The molecule has 0 nitrogen and oxygen atoms in total. The molecule has 0 atom stereocenters. The molecule has 0 aliphatic carbocycles. The first-order valence-corrected chi connectivity index (χ1v) is 5.49. The number of hydrogen-bond donors (Lipinski definition) is 0. The number of halogens is 1. The molecule has 0 saturated heterocycles. The molecular formula is C14H17F. The summed E-state index contributed by atoms with van der Waals surface area (Å²) in [7, 11) is 0. The summed E-state index contributed by atoms with van der Waals surface area (Å²) in [5.74, 6) is -0.0961. The topological polar surface area (TPSA) is 0 Å². The molecule has 0 unspecified atom stereocenters. The van der Waals surface area contributed by atoms with E-state index in [0.29, 0.717) is 0 Å². The van der Waals surface area contributed by atoms with Gasteiger partial charge in [0.15, 0.2) is 0 Å². The van der Waals surface area contributed by atoms with Gasteiger partial charge in [-0.25, -0.2) is 4.39 Å². The molecule has 0 aromatic heterocycles. The largest absolute Gasteiger partial charge is 0.207 e. The Labute approximate surface area is 90.7 Å². The average molecular weight is 204 g/mol. The van der Waals surface area contributed by atoms with Gasteiger partial charge in [0.25, 0.3) is 0 Å². The average Bonchev–Trinajstić information content (AvgIpc) is 2.32. The van der Waals surface area contributed by atoms with Crippen molar-refractivity contribution in [3.05, 3.63) is 47.8 Å². The second-order valence-corrected chi connectivity index (χ2v) is 3.10. The van der Waals surface area contributed by atoms with Gasteiger partial charge in [0.05, 0.1) is 0 Å². The molecule has 15 heavy (non-hydrogen) atoms. The monoisotopic (exact) mass is 204 g/mol. The van der Waals surface area contributed by atoms with Crippen molar-refractivity contribution in [1.29, 1.82) is 0 Å². The van der Waals surface area contributed by atoms with Gasteiger partial charge in [-0.05, 0) is 28.8 Å². The molecule has 2 aromatic carbocycles. The van der Waals surface area contributed by atoms with Gasteiger partial charge in [-0.15, -0.1) is 0 Å². The number of hydrogen-bond acceptors (Lipinski definition) is 0. The van der Waals surface area contributed by atoms with Crippen molar-refractivity contribution in [1.82, 2.24) is 0 Å². The van der Waals surface area contributed by atoms with Crippen molar-refractivity contribution in [2.24, 2.45) is 0 Å². The predicted molar refractivity (Wildman–Crippen MR) is 64.6 cm³/mol. The molecule has 0 spiro atoms. The van der Waals surface area contributed by atoms with Crippen molar-refractivity contribution < 1.29 is 4.39 Å². The van der Waals surface area contributed by atoms with Crippen molar-refractivity contribution in [3.8, 4) is 0 Å². The van der Waals surface area contributed by atoms with Crippen LogP contribution in [0, 0.1) is 5.82 Å². The van der Waals surface area contributed by atoms with E-state index < -0.39 is 0 Å². The normalized spacial score (nSPS) is 9.60. The minimum atomic E-state index is -0.0961. The van der Waals surface area contributed by atoms with Gasteiger partial charge in [0.1, 0.15) is 5.82 Å². The third-order valence-corrected chi connectivity index (χ3v) is 2.34. The zero-order valence-corrected chi connectivity index (χ0v) is 9.55. The molecule has 0 heterocycles. The van der Waals surface area contributed by atoms with Crippen molar-refractivity contribution in [2.45, 2.75) is 27.2 Å². The van der Waals surface area contributed by atoms with Crippen LogP contribution in [0.2, 0.25) is 0 Å². The first-order chi connectivity index (χ1) is 7.33. The summed E-state index contributed by atoms with van der Waals surface area (Å²) in [6, 6.07) is 11.3. The SMILES string of the molecule is CC.CCc1c(F)ccc2ccccc12. The third-order valence-electron chi connectivity index (χ3n) is 2.34. The van der Waals surface area contributed by atoms with E-state index in [0.717, 1.165) is 22.8 Å². The van der Waals surface area contributed by atoms with E-state index in [2.05, 4.69) is 0 Å². The van der Waals surface area contributed by atoms with Crippen molar-refractivity contribution >= 4 is 10.8 Å². The highest BCUT2D eigenvalue weighted by Crippen LogP contribution is 2.21. The number of aryl methyl sites for hydroxylation is 1. The summed E-state index contributed by atoms with van der Waals surface area (Å²) in [6.07, 6.45) is 0.743. The van der Waals surface area contributed by atoms with Crippen LogP contribution in [0.5, 0.6) is 0 Å². The van der Waals surface area contributed by atoms with Gasteiger partial charge in [0, 0.05) is 0 Å². The maximum atomic E-state index is 13.3. The first-order valence-electron chi connectivity index (χ1n) is 5.49. The Hall–Kier alpha value is -1.37. The zero-order chi connectivity index (χ0) is 11.3. The van der Waals surface area contributed by atoms with Crippen molar-refractivity contribution in [3.63, 3.8) is 0 Å². The number of benzene rings is 2. The Bertz CT molecular complexity index is 432. The van der Waals surface area contributed by atoms with Crippen LogP contribution in [-0.2, 0) is 6.42 Å². The lowest BCUT2D eigenvalue weighted by atomic mass is 10.0. The Kier molecular flexibility index (Phi) is 4.29. The van der Waals surface area contributed by atoms with Gasteiger partial charge >= 0.3 is 0 Å². The fraction of sp³-hybridized carbons (Fsp3) is 0.286. The molecule has 0 aliphatic rings. The van der Waals surface area contributed by atoms with Crippen LogP contribution in [-0.4, -0.2) is 0 Å². The van der Waals surface area contributed by atoms with E-state index in [1.807, 2.05) is 51.1 Å². The molecular weight excluding hydrogens is 187 g/mol. The molecule has 0 N–H and O–H groups in total. The maximum Gasteiger partial charge on any atom is 0.127 e. The highest BCUT2D eigenvalue weighted by Gasteiger charge is 2.03. The summed E-state index contributed by atoms with van der Waals surface area (Å²) in [5, 5.41) is 2.14. The number of rotatable bonds is 1. The maximum absolute atomic E-state index is 13.3. The Morgan fingerprint density at radius 1 is 1.00 bits per heavy atom. The van der Waals surface area contributed by atoms with Crippen molar-refractivity contribution in [2.75, 3.05) is 0 Å². The Morgan fingerprint density at radius 2 is 1.67 bits per heavy atom. The lowest BCUT2D eigenvalue weighted by Crippen LogP contribution is -1.88. The quantitative estimate of drug-likeness (QED) is 0.638. The van der Waals surface area contributed by atoms with Crippen LogP contribution in [0.25, 0.3) is 10.8 Å². The summed E-state index contributed by atoms with van der Waals surface area (Å²) in [4.78, 5) is 0. The summed E-state index contributed by atoms with van der Waals surface area (Å²) < 4.78 is 13.3. The molecule has 0 amide bonds. The van der Waals surface area contributed by atoms with Crippen LogP contribution in [0.1, 0.15) is 26.3 Å². The molecule has 0 fully saturated rings. The van der Waals surface area contributed by atoms with E-state index in [1.165, 1.54) is 0 Å². The third kappa shape index (κ3) is 2.35. The van der Waals surface area contributed by atoms with Gasteiger partial charge in [0.2, 0.25) is 0 Å². The van der Waals surface area contributed by atoms with E-state index in [4.69, 9.17) is 0 Å². The van der Waals surface area contributed by atoms with Gasteiger partial charge in [-0.3, -0.25) is 0 Å².